The third kappa shape index (κ3) is 25.8. The summed E-state index contributed by atoms with van der Waals surface area (Å²) in [6.07, 6.45) is -3.23. The number of aromatic nitrogens is 4. The van der Waals surface area contributed by atoms with Crippen molar-refractivity contribution in [2.75, 3.05) is 68.4 Å². The third-order valence-corrected chi connectivity index (χ3v) is 29.4. The molecule has 10 aromatic rings. The molecule has 4 N–H and O–H groups in total. The zero-order valence-corrected chi connectivity index (χ0v) is 80.9. The van der Waals surface area contributed by atoms with Crippen LogP contribution in [0.25, 0.3) is 11.4 Å². The lowest BCUT2D eigenvalue weighted by molar-refractivity contribution is 0.0278. The van der Waals surface area contributed by atoms with Crippen molar-refractivity contribution in [3.63, 3.8) is 0 Å². The molecule has 2 fully saturated rings. The SMILES string of the molecule is COc1ccc(CN(Cc2ccc(OC)cc2)S(=O)(=O)c2c(S(=O)(=O)N[C@H]3CN(C(=O)OC(C)(C)C)C[C@H]3NC(=O)OCc3ccccc3)ccc(I)c2-c2nnnn2Cc2ccc(OC)cc2)cc1.COc1ccc(CN(Cc2ccc(OC)cc2)S(=O)(=O)c2c(S(=O)(=O)N[C@H]3CN(C(=O)OC(C)(C)C)C[C@H]3NC(=O)OCc3ccccc3)ccc(I)c2C2=NCN=N2)cc1. The molecule has 4 heterocycles. The van der Waals surface area contributed by atoms with Gasteiger partial charge in [0.25, 0.3) is 0 Å². The summed E-state index contributed by atoms with van der Waals surface area (Å²) >= 11 is 3.86. The molecule has 0 aliphatic carbocycles. The number of alkyl carbamates (subject to hydrolysis) is 2. The van der Waals surface area contributed by atoms with Crippen molar-refractivity contribution in [3.8, 4) is 40.1 Å². The smallest absolute Gasteiger partial charge is 0.410 e. The number of methoxy groups -OCH3 is 5. The molecule has 0 radical (unpaired) electrons. The van der Waals surface area contributed by atoms with E-state index in [2.05, 4.69) is 50.8 Å². The van der Waals surface area contributed by atoms with E-state index in [0.717, 1.165) is 11.1 Å². The van der Waals surface area contributed by atoms with Gasteiger partial charge in [0.15, 0.2) is 18.3 Å². The van der Waals surface area contributed by atoms with E-state index in [0.29, 0.717) is 63.7 Å². The van der Waals surface area contributed by atoms with Gasteiger partial charge in [-0.05, 0) is 221 Å². The van der Waals surface area contributed by atoms with Crippen molar-refractivity contribution >= 4 is 115 Å². The Hall–Kier alpha value is -11.5. The van der Waals surface area contributed by atoms with E-state index in [1.807, 2.05) is 57.3 Å². The summed E-state index contributed by atoms with van der Waals surface area (Å²) in [7, 11) is -11.8. The maximum atomic E-state index is 15.9. The Kier molecular flexibility index (Phi) is 32.5. The molecule has 694 valence electrons. The second-order valence-electron chi connectivity index (χ2n) is 32.2. The molecule has 13 rings (SSSR count). The van der Waals surface area contributed by atoms with Crippen molar-refractivity contribution in [3.05, 3.63) is 258 Å². The largest absolute Gasteiger partial charge is 0.497 e. The fourth-order valence-electron chi connectivity index (χ4n) is 14.1. The number of hydrogen-bond donors (Lipinski definition) is 4. The lowest BCUT2D eigenvalue weighted by atomic mass is 10.2. The molecule has 3 aliphatic rings. The Labute approximate surface area is 787 Å². The van der Waals surface area contributed by atoms with Crippen LogP contribution < -0.4 is 43.8 Å². The fourth-order valence-corrected chi connectivity index (χ4v) is 23.2. The van der Waals surface area contributed by atoms with Crippen molar-refractivity contribution in [2.24, 2.45) is 15.2 Å². The van der Waals surface area contributed by atoms with Gasteiger partial charge in [0.2, 0.25) is 40.1 Å². The first-order chi connectivity index (χ1) is 62.3. The molecule has 36 nitrogen and oxygen atoms in total. The number of aliphatic imine (C=N–C) groups is 1. The average molecular weight is 2100 g/mol. The number of hydrogen-bond acceptors (Lipinski definition) is 27. The predicted molar refractivity (Wildman–Crippen MR) is 499 cm³/mol. The number of benzene rings is 9. The number of rotatable bonds is 33. The number of nitrogens with one attached hydrogen (secondary N) is 4. The summed E-state index contributed by atoms with van der Waals surface area (Å²) < 4.78 is 181. The summed E-state index contributed by atoms with van der Waals surface area (Å²) in [5.74, 6) is 2.73. The molecule has 9 aromatic carbocycles. The van der Waals surface area contributed by atoms with Gasteiger partial charge in [-0.3, -0.25) is 0 Å². The molecule has 4 atom stereocenters. The van der Waals surface area contributed by atoms with Gasteiger partial charge >= 0.3 is 24.4 Å². The number of halogens is 2. The molecule has 42 heteroatoms. The van der Waals surface area contributed by atoms with E-state index in [1.165, 1.54) is 75.8 Å². The maximum absolute atomic E-state index is 15.9. The predicted octanol–water partition coefficient (Wildman–Crippen LogP) is 12.7. The van der Waals surface area contributed by atoms with Crippen LogP contribution in [0.2, 0.25) is 0 Å². The van der Waals surface area contributed by atoms with Crippen molar-refractivity contribution in [2.45, 2.75) is 142 Å². The first-order valence-corrected chi connectivity index (χ1v) is 48.8. The molecule has 4 amide bonds. The van der Waals surface area contributed by atoms with Crippen LogP contribution in [-0.2, 0) is 105 Å². The normalized spacial score (nSPS) is 15.8. The van der Waals surface area contributed by atoms with E-state index in [4.69, 9.17) is 42.6 Å². The summed E-state index contributed by atoms with van der Waals surface area (Å²) in [4.78, 5) is 57.6. The van der Waals surface area contributed by atoms with Gasteiger partial charge in [-0.15, -0.1) is 10.2 Å². The monoisotopic (exact) mass is 2100 g/mol. The zero-order valence-electron chi connectivity index (χ0n) is 73.3. The number of nitrogens with zero attached hydrogens (tertiary/aromatic N) is 11. The molecular weight excluding hydrogens is 2000 g/mol. The minimum absolute atomic E-state index is 0.0395. The van der Waals surface area contributed by atoms with Crippen LogP contribution in [0.1, 0.15) is 86.1 Å². The van der Waals surface area contributed by atoms with E-state index >= 15 is 25.3 Å². The highest BCUT2D eigenvalue weighted by atomic mass is 127. The summed E-state index contributed by atoms with van der Waals surface area (Å²) in [5, 5.41) is 25.9. The van der Waals surface area contributed by atoms with E-state index in [-0.39, 0.29) is 102 Å². The van der Waals surface area contributed by atoms with Gasteiger partial charge in [0.05, 0.1) is 77.4 Å². The molecule has 0 spiro atoms. The number of ether oxygens (including phenoxy) is 9. The summed E-state index contributed by atoms with van der Waals surface area (Å²) in [5.41, 5.74) is 2.56. The lowest BCUT2D eigenvalue weighted by Crippen LogP contribution is -2.51. The second-order valence-corrected chi connectivity index (χ2v) is 41.6. The van der Waals surface area contributed by atoms with Gasteiger partial charge < -0.3 is 63.1 Å². The Morgan fingerprint density at radius 3 is 1.10 bits per heavy atom. The molecule has 0 unspecified atom stereocenters. The van der Waals surface area contributed by atoms with Crippen LogP contribution in [0, 0.1) is 7.14 Å². The number of carbonyl (C=O) groups is 4. The minimum atomic E-state index is -4.93. The Morgan fingerprint density at radius 1 is 0.427 bits per heavy atom. The van der Waals surface area contributed by atoms with Crippen LogP contribution in [0.5, 0.6) is 28.7 Å². The molecule has 1 aromatic heterocycles. The number of amidine groups is 1. The fraction of sp³-hybridized carbons (Fsp3) is 0.326. The van der Waals surface area contributed by atoms with E-state index in [1.54, 1.807) is 219 Å². The Bertz CT molecular complexity index is 6150. The first kappa shape index (κ1) is 98.5. The zero-order chi connectivity index (χ0) is 94.2. The number of carbonyl (C=O) groups excluding carboxylic acids is 4. The Morgan fingerprint density at radius 2 is 0.763 bits per heavy atom. The molecule has 3 aliphatic heterocycles. The van der Waals surface area contributed by atoms with Gasteiger partial charge in [0, 0.05) is 59.5 Å². The summed E-state index contributed by atoms with van der Waals surface area (Å²) in [6, 6.07) is 53.2. The lowest BCUT2D eigenvalue weighted by Gasteiger charge is -2.27. The van der Waals surface area contributed by atoms with E-state index < -0.39 is 119 Å². The van der Waals surface area contributed by atoms with Crippen LogP contribution in [0.15, 0.2) is 241 Å². The van der Waals surface area contributed by atoms with Crippen LogP contribution >= 0.6 is 45.2 Å². The van der Waals surface area contributed by atoms with Crippen molar-refractivity contribution < 1.29 is 95.5 Å². The van der Waals surface area contributed by atoms with Gasteiger partial charge in [-0.25, -0.2) is 72.0 Å². The number of sulfonamides is 4. The highest BCUT2D eigenvalue weighted by Crippen LogP contribution is 2.41. The van der Waals surface area contributed by atoms with E-state index in [9.17, 15) is 27.6 Å². The maximum Gasteiger partial charge on any atom is 0.410 e. The van der Waals surface area contributed by atoms with Crippen LogP contribution in [-0.4, -0.2) is 206 Å². The van der Waals surface area contributed by atoms with Gasteiger partial charge in [-0.1, -0.05) is 121 Å². The topological polar surface area (TPSA) is 430 Å². The van der Waals surface area contributed by atoms with Crippen molar-refractivity contribution in [1.29, 1.82) is 0 Å². The highest BCUT2D eigenvalue weighted by molar-refractivity contribution is 14.1. The van der Waals surface area contributed by atoms with Crippen molar-refractivity contribution in [1.82, 2.24) is 58.7 Å². The number of amides is 4. The van der Waals surface area contributed by atoms with Crippen LogP contribution in [0.4, 0.5) is 19.2 Å². The van der Waals surface area contributed by atoms with Crippen LogP contribution in [0.3, 0.4) is 0 Å². The highest BCUT2D eigenvalue weighted by Gasteiger charge is 2.47. The van der Waals surface area contributed by atoms with Gasteiger partial charge in [-0.2, -0.15) is 13.7 Å². The minimum Gasteiger partial charge on any atom is -0.497 e. The quantitative estimate of drug-likeness (QED) is 0.0219. The molecule has 0 bridgehead atoms. The molecule has 131 heavy (non-hydrogen) atoms. The number of azo groups is 1. The summed E-state index contributed by atoms with van der Waals surface area (Å²) in [6.45, 7) is 8.37. The molecule has 0 saturated carbocycles. The Balaban J connectivity index is 0.000000239. The standard InChI is InChI=1S/C48H53IN8O11S2.C41H46IN7O10S2/c1-48(2,3)68-47(59)55-29-40(50-46(58)67-31-35-10-8-7-9-11-35)41(30-55)52-69(60,61)42-25-24-39(49)43(45-51-53-54-57(45)28-34-16-22-38(66-6)23-17-34)44(42)70(62,63)56(26-32-12-18-36(64-4)19-13-32)27-33-14-20-37(65-5)21-15-33;1-41(2,3)59-40(51)48-23-33(45-39(50)58-25-29-9-7-6-8-10-29)34(24-48)47-60(52,53)35-20-19-32(42)36(38-43-26-44-46-38)37(35)61(54,55)49(21-27-11-15-30(56-4)16-12-27)22-28-13-17-31(57-5)18-14-28/h7-25,40-41,52H,26-31H2,1-6H3,(H,50,58);6-20,33-34,47H,21-26H2,1-5H3,(H,45,50)/t40-,41+;33-,34+/m11/s1. The first-order valence-electron chi connectivity index (χ1n) is 40.8. The number of likely N-dealkylation sites (tertiary alicyclic amines) is 2. The molecule has 2 saturated heterocycles. The second kappa shape index (κ2) is 43.2. The third-order valence-electron chi connectivity index (χ3n) is 20.5. The molecular formula is C89H99I2N15O21S4. The number of tetrazole rings is 1. The van der Waals surface area contributed by atoms with Gasteiger partial charge in [0.1, 0.15) is 72.7 Å². The average Bonchev–Trinajstić information content (AvgIpc) is 1.65.